The second kappa shape index (κ2) is 7.95. The summed E-state index contributed by atoms with van der Waals surface area (Å²) >= 11 is 0. The Bertz CT molecular complexity index is 708. The molecule has 1 aliphatic heterocycles. The minimum absolute atomic E-state index is 0.0891. The maximum absolute atomic E-state index is 12.2. The maximum atomic E-state index is 12.2. The van der Waals surface area contributed by atoms with Crippen LogP contribution in [-0.4, -0.2) is 28.9 Å². The summed E-state index contributed by atoms with van der Waals surface area (Å²) in [6, 6.07) is 11.7. The van der Waals surface area contributed by atoms with Crippen LogP contribution >= 0.6 is 0 Å². The number of hydrogen-bond acceptors (Lipinski definition) is 2. The minimum atomic E-state index is -0.0891. The predicted molar refractivity (Wildman–Crippen MR) is 95.9 cm³/mol. The van der Waals surface area contributed by atoms with Gasteiger partial charge in [0.2, 0.25) is 11.5 Å². The Kier molecular flexibility index (Phi) is 5.47. The number of pyridine rings is 1. The van der Waals surface area contributed by atoms with E-state index in [1.54, 1.807) is 6.20 Å². The maximum Gasteiger partial charge on any atom is 0.247 e. The van der Waals surface area contributed by atoms with E-state index in [1.807, 2.05) is 11.0 Å². The number of amides is 1. The number of H-pyrrole nitrogens is 1. The SMILES string of the molecule is O=C(CCCc1ccc(-c2ccc(=O)[nH]c2)cc1)N1CCCCC1. The van der Waals surface area contributed by atoms with Gasteiger partial charge in [-0.25, -0.2) is 0 Å². The van der Waals surface area contributed by atoms with Crippen molar-refractivity contribution in [2.45, 2.75) is 38.5 Å². The number of carbonyl (C=O) groups excluding carboxylic acids is 1. The summed E-state index contributed by atoms with van der Waals surface area (Å²) in [5.74, 6) is 0.305. The molecule has 1 fully saturated rings. The molecule has 0 radical (unpaired) electrons. The number of piperidine rings is 1. The van der Waals surface area contributed by atoms with Crippen LogP contribution in [0.1, 0.15) is 37.7 Å². The van der Waals surface area contributed by atoms with Gasteiger partial charge in [-0.2, -0.15) is 0 Å². The molecular weight excluding hydrogens is 300 g/mol. The summed E-state index contributed by atoms with van der Waals surface area (Å²) in [4.78, 5) is 28.0. The molecule has 3 rings (SSSR count). The summed E-state index contributed by atoms with van der Waals surface area (Å²) in [5, 5.41) is 0. The molecule has 1 saturated heterocycles. The Hall–Kier alpha value is -2.36. The highest BCUT2D eigenvalue weighted by Crippen LogP contribution is 2.19. The van der Waals surface area contributed by atoms with E-state index in [0.29, 0.717) is 12.3 Å². The van der Waals surface area contributed by atoms with E-state index in [2.05, 4.69) is 29.2 Å². The van der Waals surface area contributed by atoms with E-state index in [4.69, 9.17) is 0 Å². The molecule has 0 aliphatic carbocycles. The Labute approximate surface area is 142 Å². The third-order valence-electron chi connectivity index (χ3n) is 4.64. The van der Waals surface area contributed by atoms with Crippen molar-refractivity contribution in [1.29, 1.82) is 0 Å². The van der Waals surface area contributed by atoms with Gasteiger partial charge in [-0.15, -0.1) is 0 Å². The van der Waals surface area contributed by atoms with Gasteiger partial charge in [-0.05, 0) is 54.9 Å². The molecule has 2 aromatic rings. The van der Waals surface area contributed by atoms with Gasteiger partial charge in [0.1, 0.15) is 0 Å². The summed E-state index contributed by atoms with van der Waals surface area (Å²) in [5.41, 5.74) is 3.24. The van der Waals surface area contributed by atoms with Crippen LogP contribution in [0.2, 0.25) is 0 Å². The molecule has 0 atom stereocenters. The van der Waals surface area contributed by atoms with Crippen LogP contribution < -0.4 is 5.56 Å². The summed E-state index contributed by atoms with van der Waals surface area (Å²) < 4.78 is 0. The lowest BCUT2D eigenvalue weighted by Gasteiger charge is -2.26. The fourth-order valence-electron chi connectivity index (χ4n) is 3.20. The van der Waals surface area contributed by atoms with Crippen molar-refractivity contribution in [3.8, 4) is 11.1 Å². The highest BCUT2D eigenvalue weighted by Gasteiger charge is 2.15. The van der Waals surface area contributed by atoms with E-state index in [9.17, 15) is 9.59 Å². The monoisotopic (exact) mass is 324 g/mol. The van der Waals surface area contributed by atoms with Gasteiger partial charge in [-0.1, -0.05) is 24.3 Å². The number of nitrogens with one attached hydrogen (secondary N) is 1. The number of likely N-dealkylation sites (tertiary alicyclic amines) is 1. The molecule has 0 unspecified atom stereocenters. The zero-order valence-corrected chi connectivity index (χ0v) is 14.0. The normalized spacial score (nSPS) is 14.6. The smallest absolute Gasteiger partial charge is 0.247 e. The predicted octanol–water partition coefficient (Wildman–Crippen LogP) is 3.38. The number of aromatic amines is 1. The van der Waals surface area contributed by atoms with Gasteiger partial charge in [-0.3, -0.25) is 9.59 Å². The quantitative estimate of drug-likeness (QED) is 0.916. The Morgan fingerprint density at radius 3 is 2.33 bits per heavy atom. The van der Waals surface area contributed by atoms with Crippen LogP contribution in [0.4, 0.5) is 0 Å². The van der Waals surface area contributed by atoms with Crippen molar-refractivity contribution in [2.24, 2.45) is 0 Å². The van der Waals surface area contributed by atoms with Gasteiger partial charge >= 0.3 is 0 Å². The second-order valence-corrected chi connectivity index (χ2v) is 6.43. The molecule has 0 saturated carbocycles. The van der Waals surface area contributed by atoms with Crippen LogP contribution in [-0.2, 0) is 11.2 Å². The first kappa shape index (κ1) is 16.5. The van der Waals surface area contributed by atoms with Gasteiger partial charge < -0.3 is 9.88 Å². The molecule has 0 bridgehead atoms. The van der Waals surface area contributed by atoms with Crippen molar-refractivity contribution in [3.05, 3.63) is 58.5 Å². The van der Waals surface area contributed by atoms with Crippen LogP contribution in [0.25, 0.3) is 11.1 Å². The molecule has 1 amide bonds. The zero-order valence-electron chi connectivity index (χ0n) is 14.0. The van der Waals surface area contributed by atoms with Crippen LogP contribution in [0.3, 0.4) is 0 Å². The summed E-state index contributed by atoms with van der Waals surface area (Å²) in [6.07, 6.45) is 7.75. The topological polar surface area (TPSA) is 53.2 Å². The van der Waals surface area contributed by atoms with Crippen molar-refractivity contribution in [1.82, 2.24) is 9.88 Å². The first-order valence-corrected chi connectivity index (χ1v) is 8.78. The minimum Gasteiger partial charge on any atom is -0.343 e. The standard InChI is InChI=1S/C20H24N2O2/c23-19-12-11-18(15-21-19)17-9-7-16(8-10-17)5-4-6-20(24)22-13-2-1-3-14-22/h7-12,15H,1-6,13-14H2,(H,21,23). The van der Waals surface area contributed by atoms with E-state index in [-0.39, 0.29) is 5.56 Å². The van der Waals surface area contributed by atoms with E-state index < -0.39 is 0 Å². The number of nitrogens with zero attached hydrogens (tertiary/aromatic N) is 1. The number of hydrogen-bond donors (Lipinski definition) is 1. The zero-order chi connectivity index (χ0) is 16.8. The Morgan fingerprint density at radius 2 is 1.67 bits per heavy atom. The highest BCUT2D eigenvalue weighted by atomic mass is 16.2. The van der Waals surface area contributed by atoms with Crippen molar-refractivity contribution in [2.75, 3.05) is 13.1 Å². The molecule has 2 heterocycles. The first-order valence-electron chi connectivity index (χ1n) is 8.78. The Morgan fingerprint density at radius 1 is 0.958 bits per heavy atom. The number of aryl methyl sites for hydroxylation is 1. The first-order chi connectivity index (χ1) is 11.7. The van der Waals surface area contributed by atoms with Gasteiger partial charge in [0.25, 0.3) is 0 Å². The van der Waals surface area contributed by atoms with Gasteiger partial charge in [0.15, 0.2) is 0 Å². The molecule has 1 aliphatic rings. The summed E-state index contributed by atoms with van der Waals surface area (Å²) in [6.45, 7) is 1.87. The van der Waals surface area contributed by atoms with E-state index >= 15 is 0 Å². The van der Waals surface area contributed by atoms with Crippen LogP contribution in [0.5, 0.6) is 0 Å². The fourth-order valence-corrected chi connectivity index (χ4v) is 3.20. The molecular formula is C20H24N2O2. The number of aromatic nitrogens is 1. The average molecular weight is 324 g/mol. The molecule has 0 spiro atoms. The number of carbonyl (C=O) groups is 1. The number of rotatable bonds is 5. The Balaban J connectivity index is 1.50. The highest BCUT2D eigenvalue weighted by molar-refractivity contribution is 5.76. The lowest BCUT2D eigenvalue weighted by Crippen LogP contribution is -2.35. The molecule has 1 aromatic heterocycles. The fraction of sp³-hybridized carbons (Fsp3) is 0.400. The molecule has 4 heteroatoms. The lowest BCUT2D eigenvalue weighted by atomic mass is 10.0. The van der Waals surface area contributed by atoms with Crippen molar-refractivity contribution < 1.29 is 4.79 Å². The third kappa shape index (κ3) is 4.34. The lowest BCUT2D eigenvalue weighted by molar-refractivity contribution is -0.132. The molecule has 1 N–H and O–H groups in total. The largest absolute Gasteiger partial charge is 0.343 e. The molecule has 24 heavy (non-hydrogen) atoms. The summed E-state index contributed by atoms with van der Waals surface area (Å²) in [7, 11) is 0. The van der Waals surface area contributed by atoms with Crippen LogP contribution in [0.15, 0.2) is 47.4 Å². The number of benzene rings is 1. The van der Waals surface area contributed by atoms with Crippen molar-refractivity contribution in [3.63, 3.8) is 0 Å². The second-order valence-electron chi connectivity index (χ2n) is 6.43. The molecule has 126 valence electrons. The van der Waals surface area contributed by atoms with E-state index in [0.717, 1.165) is 49.9 Å². The molecule has 4 nitrogen and oxygen atoms in total. The molecule has 1 aromatic carbocycles. The van der Waals surface area contributed by atoms with Crippen molar-refractivity contribution >= 4 is 5.91 Å². The van der Waals surface area contributed by atoms with Gasteiger partial charge in [0.05, 0.1) is 0 Å². The average Bonchev–Trinajstić information content (AvgIpc) is 2.64. The van der Waals surface area contributed by atoms with Crippen LogP contribution in [0, 0.1) is 0 Å². The van der Waals surface area contributed by atoms with Gasteiger partial charge in [0, 0.05) is 31.8 Å². The third-order valence-corrected chi connectivity index (χ3v) is 4.64. The van der Waals surface area contributed by atoms with E-state index in [1.165, 1.54) is 18.1 Å².